The van der Waals surface area contributed by atoms with Gasteiger partial charge in [-0.15, -0.1) is 0 Å². The van der Waals surface area contributed by atoms with Crippen molar-refractivity contribution < 1.29 is 14.3 Å². The van der Waals surface area contributed by atoms with Crippen molar-refractivity contribution in [3.8, 4) is 0 Å². The SMILES string of the molecule is CCN(C(=O)COC(=O)c1cn(C)c2ccccc12)c1nc2ccccc2s1. The van der Waals surface area contributed by atoms with E-state index in [4.69, 9.17) is 4.74 Å². The normalized spacial score (nSPS) is 11.1. The van der Waals surface area contributed by atoms with Crippen molar-refractivity contribution in [2.45, 2.75) is 6.92 Å². The van der Waals surface area contributed by atoms with Crippen LogP contribution in [0.2, 0.25) is 0 Å². The number of nitrogens with zero attached hydrogens (tertiary/aromatic N) is 3. The highest BCUT2D eigenvalue weighted by atomic mass is 32.1. The first-order valence-corrected chi connectivity index (χ1v) is 9.77. The fraction of sp³-hybridized carbons (Fsp3) is 0.190. The Hall–Kier alpha value is -3.19. The Bertz CT molecular complexity index is 1150. The van der Waals surface area contributed by atoms with Gasteiger partial charge in [-0.1, -0.05) is 41.7 Å². The molecule has 2 aromatic heterocycles. The van der Waals surface area contributed by atoms with Gasteiger partial charge in [-0.3, -0.25) is 9.69 Å². The maximum atomic E-state index is 12.7. The highest BCUT2D eigenvalue weighted by Gasteiger charge is 2.21. The number of aromatic nitrogens is 2. The van der Waals surface area contributed by atoms with E-state index in [0.29, 0.717) is 17.2 Å². The van der Waals surface area contributed by atoms with Gasteiger partial charge in [-0.2, -0.15) is 0 Å². The van der Waals surface area contributed by atoms with Gasteiger partial charge in [0.2, 0.25) is 0 Å². The van der Waals surface area contributed by atoms with Crippen LogP contribution >= 0.6 is 11.3 Å². The maximum Gasteiger partial charge on any atom is 0.340 e. The molecule has 4 rings (SSSR count). The number of carbonyl (C=O) groups is 2. The summed E-state index contributed by atoms with van der Waals surface area (Å²) in [5.74, 6) is -0.805. The number of fused-ring (bicyclic) bond motifs is 2. The predicted molar refractivity (Wildman–Crippen MR) is 111 cm³/mol. The van der Waals surface area contributed by atoms with E-state index < -0.39 is 5.97 Å². The topological polar surface area (TPSA) is 64.4 Å². The van der Waals surface area contributed by atoms with Crippen LogP contribution < -0.4 is 4.90 Å². The predicted octanol–water partition coefficient (Wildman–Crippen LogP) is 4.00. The van der Waals surface area contributed by atoms with Crippen LogP contribution in [0.3, 0.4) is 0 Å². The zero-order valence-corrected chi connectivity index (χ0v) is 16.4. The van der Waals surface area contributed by atoms with E-state index in [2.05, 4.69) is 4.98 Å². The van der Waals surface area contributed by atoms with Gasteiger partial charge in [0.25, 0.3) is 5.91 Å². The van der Waals surface area contributed by atoms with Crippen LogP contribution in [0.25, 0.3) is 21.1 Å². The van der Waals surface area contributed by atoms with E-state index in [1.807, 2.05) is 67.1 Å². The Morgan fingerprint density at radius 1 is 1.14 bits per heavy atom. The van der Waals surface area contributed by atoms with Gasteiger partial charge < -0.3 is 9.30 Å². The fourth-order valence-corrected chi connectivity index (χ4v) is 4.23. The number of benzene rings is 2. The van der Waals surface area contributed by atoms with E-state index in [-0.39, 0.29) is 12.5 Å². The molecule has 0 bridgehead atoms. The molecule has 7 heteroatoms. The molecule has 2 aromatic carbocycles. The molecule has 0 unspecified atom stereocenters. The summed E-state index contributed by atoms with van der Waals surface area (Å²) in [6, 6.07) is 15.3. The van der Waals surface area contributed by atoms with E-state index in [1.54, 1.807) is 11.1 Å². The van der Waals surface area contributed by atoms with Crippen LogP contribution in [0.1, 0.15) is 17.3 Å². The van der Waals surface area contributed by atoms with Gasteiger partial charge in [0.1, 0.15) is 0 Å². The molecule has 0 spiro atoms. The van der Waals surface area contributed by atoms with Crippen LogP contribution in [0.15, 0.2) is 54.7 Å². The maximum absolute atomic E-state index is 12.7. The standard InChI is InChI=1S/C21H19N3O3S/c1-3-24(21-22-16-9-5-7-11-18(16)28-21)19(25)13-27-20(26)15-12-23(2)17-10-6-4-8-14(15)17/h4-12H,3,13H2,1-2H3. The smallest absolute Gasteiger partial charge is 0.340 e. The second-order valence-electron chi connectivity index (χ2n) is 6.35. The van der Waals surface area contributed by atoms with Gasteiger partial charge in [0, 0.05) is 30.7 Å². The Morgan fingerprint density at radius 2 is 1.89 bits per heavy atom. The molecular weight excluding hydrogens is 374 g/mol. The molecule has 28 heavy (non-hydrogen) atoms. The summed E-state index contributed by atoms with van der Waals surface area (Å²) in [7, 11) is 1.87. The first kappa shape index (κ1) is 18.2. The van der Waals surface area contributed by atoms with Gasteiger partial charge in [0.15, 0.2) is 11.7 Å². The van der Waals surface area contributed by atoms with Gasteiger partial charge in [-0.05, 0) is 25.1 Å². The van der Waals surface area contributed by atoms with Crippen LogP contribution in [0.4, 0.5) is 5.13 Å². The second kappa shape index (κ2) is 7.44. The molecule has 0 aliphatic carbocycles. The van der Waals surface area contributed by atoms with Gasteiger partial charge in [0.05, 0.1) is 15.8 Å². The first-order valence-electron chi connectivity index (χ1n) is 8.95. The number of para-hydroxylation sites is 2. The summed E-state index contributed by atoms with van der Waals surface area (Å²) in [4.78, 5) is 31.3. The number of thiazole rings is 1. The van der Waals surface area contributed by atoms with Crippen molar-refractivity contribution in [2.24, 2.45) is 7.05 Å². The molecule has 0 radical (unpaired) electrons. The van der Waals surface area contributed by atoms with E-state index in [9.17, 15) is 9.59 Å². The summed E-state index contributed by atoms with van der Waals surface area (Å²) >= 11 is 1.44. The lowest BCUT2D eigenvalue weighted by Gasteiger charge is -2.17. The Kier molecular flexibility index (Phi) is 4.83. The molecule has 6 nitrogen and oxygen atoms in total. The summed E-state index contributed by atoms with van der Waals surface area (Å²) in [6.45, 7) is 1.99. The van der Waals surface area contributed by atoms with Crippen molar-refractivity contribution in [1.82, 2.24) is 9.55 Å². The van der Waals surface area contributed by atoms with Crippen LogP contribution in [-0.2, 0) is 16.6 Å². The molecule has 2 heterocycles. The average molecular weight is 393 g/mol. The minimum absolute atomic E-state index is 0.296. The Morgan fingerprint density at radius 3 is 2.68 bits per heavy atom. The zero-order chi connectivity index (χ0) is 19.7. The molecule has 0 aliphatic rings. The lowest BCUT2D eigenvalue weighted by Crippen LogP contribution is -2.34. The van der Waals surface area contributed by atoms with Gasteiger partial charge in [-0.25, -0.2) is 9.78 Å². The first-order chi connectivity index (χ1) is 13.6. The Balaban J connectivity index is 1.50. The summed E-state index contributed by atoms with van der Waals surface area (Å²) in [5, 5.41) is 1.41. The molecule has 0 N–H and O–H groups in total. The molecule has 0 atom stereocenters. The molecular formula is C21H19N3O3S. The monoisotopic (exact) mass is 393 g/mol. The van der Waals surface area contributed by atoms with Crippen molar-refractivity contribution in [2.75, 3.05) is 18.1 Å². The molecule has 0 saturated carbocycles. The van der Waals surface area contributed by atoms with Crippen LogP contribution in [-0.4, -0.2) is 34.6 Å². The Labute approximate surface area is 166 Å². The zero-order valence-electron chi connectivity index (χ0n) is 15.6. The number of hydrogen-bond donors (Lipinski definition) is 0. The molecule has 0 fully saturated rings. The van der Waals surface area contributed by atoms with Crippen molar-refractivity contribution in [1.29, 1.82) is 0 Å². The average Bonchev–Trinajstić information content (AvgIpc) is 3.28. The van der Waals surface area contributed by atoms with E-state index in [1.165, 1.54) is 11.3 Å². The number of anilines is 1. The molecule has 0 aliphatic heterocycles. The largest absolute Gasteiger partial charge is 0.452 e. The molecule has 0 saturated heterocycles. The number of likely N-dealkylation sites (N-methyl/N-ethyl adjacent to an activating group) is 1. The lowest BCUT2D eigenvalue weighted by molar-refractivity contribution is -0.121. The third kappa shape index (κ3) is 3.25. The van der Waals surface area contributed by atoms with Crippen LogP contribution in [0.5, 0.6) is 0 Å². The molecule has 4 aromatic rings. The quantitative estimate of drug-likeness (QED) is 0.481. The van der Waals surface area contributed by atoms with Gasteiger partial charge >= 0.3 is 5.97 Å². The van der Waals surface area contributed by atoms with Crippen LogP contribution in [0, 0.1) is 0 Å². The minimum Gasteiger partial charge on any atom is -0.452 e. The third-order valence-corrected chi connectivity index (χ3v) is 5.63. The number of carbonyl (C=O) groups excluding carboxylic acids is 2. The molecule has 142 valence electrons. The van der Waals surface area contributed by atoms with E-state index in [0.717, 1.165) is 21.1 Å². The van der Waals surface area contributed by atoms with Crippen molar-refractivity contribution >= 4 is 49.5 Å². The highest BCUT2D eigenvalue weighted by molar-refractivity contribution is 7.22. The summed E-state index contributed by atoms with van der Waals surface area (Å²) in [5.41, 5.74) is 2.24. The minimum atomic E-state index is -0.509. The second-order valence-corrected chi connectivity index (χ2v) is 7.36. The lowest BCUT2D eigenvalue weighted by atomic mass is 10.2. The number of rotatable bonds is 5. The summed E-state index contributed by atoms with van der Waals surface area (Å²) < 4.78 is 8.20. The summed E-state index contributed by atoms with van der Waals surface area (Å²) in [6.07, 6.45) is 1.72. The molecule has 1 amide bonds. The number of amides is 1. The number of ether oxygens (including phenoxy) is 1. The van der Waals surface area contributed by atoms with Crippen molar-refractivity contribution in [3.05, 3.63) is 60.3 Å². The van der Waals surface area contributed by atoms with Crippen molar-refractivity contribution in [3.63, 3.8) is 0 Å². The number of esters is 1. The highest BCUT2D eigenvalue weighted by Crippen LogP contribution is 2.28. The number of hydrogen-bond acceptors (Lipinski definition) is 5. The third-order valence-electron chi connectivity index (χ3n) is 4.57. The number of aryl methyl sites for hydroxylation is 1. The fourth-order valence-electron chi connectivity index (χ4n) is 3.18. The van der Waals surface area contributed by atoms with E-state index >= 15 is 0 Å².